The molecule has 0 spiro atoms. The second-order valence-corrected chi connectivity index (χ2v) is 3.34. The molecule has 0 bridgehead atoms. The number of allylic oxidation sites excluding steroid dienone is 1. The predicted octanol–water partition coefficient (Wildman–Crippen LogP) is 0.889. The Kier molecular flexibility index (Phi) is 2.55. The van der Waals surface area contributed by atoms with Crippen molar-refractivity contribution < 1.29 is 14.4 Å². The molecule has 0 saturated carbocycles. The number of rotatable bonds is 2. The van der Waals surface area contributed by atoms with Crippen LogP contribution in [0.3, 0.4) is 0 Å². The summed E-state index contributed by atoms with van der Waals surface area (Å²) in [6, 6.07) is 7.92. The largest absolute Gasteiger partial charge is 0.297 e. The summed E-state index contributed by atoms with van der Waals surface area (Å²) in [5.74, 6) is -1.06. The number of hydrogen-bond acceptors (Lipinski definition) is 4. The van der Waals surface area contributed by atoms with E-state index in [0.717, 1.165) is 11.1 Å². The maximum absolute atomic E-state index is 11.8. The molecule has 0 radical (unpaired) electrons. The fourth-order valence-corrected chi connectivity index (χ4v) is 1.55. The summed E-state index contributed by atoms with van der Waals surface area (Å²) < 4.78 is 0. The zero-order valence-electron chi connectivity index (χ0n) is 8.58. The van der Waals surface area contributed by atoms with Gasteiger partial charge in [-0.05, 0) is 12.1 Å². The van der Waals surface area contributed by atoms with Gasteiger partial charge in [0.15, 0.2) is 6.29 Å². The molecule has 0 fully saturated rings. The minimum atomic E-state index is -0.528. The van der Waals surface area contributed by atoms with Gasteiger partial charge in [0.25, 0.3) is 11.8 Å². The molecule has 1 aliphatic heterocycles. The normalized spacial score (nSPS) is 14.5. The molecule has 82 valence electrons. The van der Waals surface area contributed by atoms with Crippen molar-refractivity contribution in [1.29, 1.82) is 5.26 Å². The quantitative estimate of drug-likeness (QED) is 0.324. The zero-order chi connectivity index (χ0) is 12.4. The lowest BCUT2D eigenvalue weighted by atomic mass is 10.1. The maximum atomic E-state index is 11.8. The van der Waals surface area contributed by atoms with E-state index in [4.69, 9.17) is 5.26 Å². The van der Waals surface area contributed by atoms with E-state index in [0.29, 0.717) is 6.29 Å². The highest BCUT2D eigenvalue weighted by Crippen LogP contribution is 2.22. The molecule has 0 atom stereocenters. The van der Waals surface area contributed by atoms with Crippen LogP contribution in [0.25, 0.3) is 0 Å². The average molecular weight is 226 g/mol. The van der Waals surface area contributed by atoms with Gasteiger partial charge in [-0.1, -0.05) is 12.1 Å². The lowest BCUT2D eigenvalue weighted by Gasteiger charge is -2.06. The summed E-state index contributed by atoms with van der Waals surface area (Å²) >= 11 is 0. The van der Waals surface area contributed by atoms with Crippen molar-refractivity contribution in [3.8, 4) is 6.07 Å². The molecule has 0 aliphatic carbocycles. The van der Waals surface area contributed by atoms with Crippen molar-refractivity contribution in [3.05, 3.63) is 47.2 Å². The monoisotopic (exact) mass is 226 g/mol. The topological polar surface area (TPSA) is 78.2 Å². The molecule has 0 aromatic heterocycles. The maximum Gasteiger partial charge on any atom is 0.265 e. The molecule has 0 unspecified atom stereocenters. The van der Waals surface area contributed by atoms with E-state index in [1.807, 2.05) is 0 Å². The van der Waals surface area contributed by atoms with Crippen LogP contribution in [0.5, 0.6) is 0 Å². The highest BCUT2D eigenvalue weighted by Gasteiger charge is 2.34. The highest BCUT2D eigenvalue weighted by atomic mass is 16.2. The Morgan fingerprint density at radius 3 is 2.12 bits per heavy atom. The van der Waals surface area contributed by atoms with Gasteiger partial charge in [0.05, 0.1) is 11.1 Å². The molecular weight excluding hydrogens is 220 g/mol. The van der Waals surface area contributed by atoms with Gasteiger partial charge in [-0.25, -0.2) is 4.90 Å². The first-order valence-electron chi connectivity index (χ1n) is 4.73. The first kappa shape index (κ1) is 10.8. The predicted molar refractivity (Wildman–Crippen MR) is 56.7 cm³/mol. The van der Waals surface area contributed by atoms with Gasteiger partial charge in [-0.3, -0.25) is 14.4 Å². The number of aldehydes is 1. The van der Waals surface area contributed by atoms with E-state index >= 15 is 0 Å². The number of carbonyl (C=O) groups excluding carboxylic acids is 3. The molecule has 1 aromatic carbocycles. The summed E-state index contributed by atoms with van der Waals surface area (Å²) in [5, 5.41) is 8.58. The Bertz CT molecular complexity index is 561. The van der Waals surface area contributed by atoms with Crippen LogP contribution in [0.1, 0.15) is 20.7 Å². The molecule has 0 saturated heterocycles. The van der Waals surface area contributed by atoms with Gasteiger partial charge in [-0.15, -0.1) is 0 Å². The van der Waals surface area contributed by atoms with Crippen LogP contribution in [-0.2, 0) is 4.79 Å². The number of nitrogens with zero attached hydrogens (tertiary/aromatic N) is 2. The van der Waals surface area contributed by atoms with E-state index in [9.17, 15) is 14.4 Å². The number of fused-ring (bicyclic) bond motifs is 1. The van der Waals surface area contributed by atoms with Crippen LogP contribution in [0.15, 0.2) is 36.0 Å². The van der Waals surface area contributed by atoms with Gasteiger partial charge >= 0.3 is 0 Å². The number of imide groups is 1. The number of nitriles is 1. The van der Waals surface area contributed by atoms with Gasteiger partial charge in [-0.2, -0.15) is 5.26 Å². The summed E-state index contributed by atoms with van der Waals surface area (Å²) in [6.07, 6.45) is 1.25. The Hall–Kier alpha value is -2.74. The van der Waals surface area contributed by atoms with Crippen LogP contribution in [0.2, 0.25) is 0 Å². The fraction of sp³-hybridized carbons (Fsp3) is 0. The first-order chi connectivity index (χ1) is 8.19. The highest BCUT2D eigenvalue weighted by molar-refractivity contribution is 6.22. The number of hydrogen-bond donors (Lipinski definition) is 0. The smallest absolute Gasteiger partial charge is 0.265 e. The molecule has 17 heavy (non-hydrogen) atoms. The van der Waals surface area contributed by atoms with Crippen molar-refractivity contribution in [2.75, 3.05) is 0 Å². The third kappa shape index (κ3) is 1.62. The summed E-state index contributed by atoms with van der Waals surface area (Å²) in [4.78, 5) is 34.9. The summed E-state index contributed by atoms with van der Waals surface area (Å²) in [7, 11) is 0. The van der Waals surface area contributed by atoms with Crippen LogP contribution >= 0.6 is 0 Å². The van der Waals surface area contributed by atoms with E-state index in [1.165, 1.54) is 12.1 Å². The van der Waals surface area contributed by atoms with E-state index in [1.54, 1.807) is 18.2 Å². The molecule has 1 aromatic rings. The van der Waals surface area contributed by atoms with Gasteiger partial charge < -0.3 is 0 Å². The average Bonchev–Trinajstić information content (AvgIpc) is 2.61. The summed E-state index contributed by atoms with van der Waals surface area (Å²) in [5.41, 5.74) is 0.272. The van der Waals surface area contributed by atoms with E-state index in [2.05, 4.69) is 0 Å². The molecule has 5 heteroatoms. The van der Waals surface area contributed by atoms with Gasteiger partial charge in [0, 0.05) is 6.20 Å². The minimum absolute atomic E-state index is 0.275. The third-order valence-electron chi connectivity index (χ3n) is 2.35. The molecule has 1 heterocycles. The van der Waals surface area contributed by atoms with Gasteiger partial charge in [0.2, 0.25) is 0 Å². The second kappa shape index (κ2) is 4.02. The standard InChI is InChI=1S/C12H6N2O3/c13-5-8(7-15)6-14-11(16)9-3-1-2-4-10(9)12(14)17/h1-4,6-7H/b8-6-. The SMILES string of the molecule is N#C/C(C=O)=C/N1C(=O)c2ccccc2C1=O. The molecule has 2 rings (SSSR count). The Balaban J connectivity index is 2.48. The van der Waals surface area contributed by atoms with Crippen molar-refractivity contribution in [2.45, 2.75) is 0 Å². The Morgan fingerprint density at radius 2 is 1.71 bits per heavy atom. The van der Waals surface area contributed by atoms with Crippen molar-refractivity contribution in [2.24, 2.45) is 0 Å². The Morgan fingerprint density at radius 1 is 1.18 bits per heavy atom. The van der Waals surface area contributed by atoms with Crippen molar-refractivity contribution >= 4 is 18.1 Å². The van der Waals surface area contributed by atoms with Gasteiger partial charge in [0.1, 0.15) is 11.6 Å². The van der Waals surface area contributed by atoms with E-state index in [-0.39, 0.29) is 16.7 Å². The number of amides is 2. The summed E-state index contributed by atoms with van der Waals surface area (Å²) in [6.45, 7) is 0. The lowest BCUT2D eigenvalue weighted by molar-refractivity contribution is -0.104. The van der Waals surface area contributed by atoms with Crippen molar-refractivity contribution in [1.82, 2.24) is 4.90 Å². The third-order valence-corrected chi connectivity index (χ3v) is 2.35. The number of carbonyl (C=O) groups is 3. The van der Waals surface area contributed by atoms with Crippen LogP contribution in [0, 0.1) is 11.3 Å². The molecular formula is C12H6N2O3. The molecule has 0 N–H and O–H groups in total. The minimum Gasteiger partial charge on any atom is -0.297 e. The first-order valence-corrected chi connectivity index (χ1v) is 4.73. The fourth-order valence-electron chi connectivity index (χ4n) is 1.55. The molecule has 1 aliphatic rings. The number of benzene rings is 1. The molecule has 5 nitrogen and oxygen atoms in total. The van der Waals surface area contributed by atoms with E-state index < -0.39 is 11.8 Å². The second-order valence-electron chi connectivity index (χ2n) is 3.34. The molecule has 2 amide bonds. The van der Waals surface area contributed by atoms with Crippen LogP contribution in [-0.4, -0.2) is 23.0 Å². The van der Waals surface area contributed by atoms with Crippen molar-refractivity contribution in [3.63, 3.8) is 0 Å². The Labute approximate surface area is 96.6 Å². The zero-order valence-corrected chi connectivity index (χ0v) is 8.58. The lowest BCUT2D eigenvalue weighted by Crippen LogP contribution is -2.24. The van der Waals surface area contributed by atoms with Crippen LogP contribution < -0.4 is 0 Å². The van der Waals surface area contributed by atoms with Crippen LogP contribution in [0.4, 0.5) is 0 Å².